The maximum Gasteiger partial charge on any atom is 0.234 e. The van der Waals surface area contributed by atoms with Crippen LogP contribution < -0.4 is 5.32 Å². The number of rotatable bonds is 6. The number of amides is 1. The Hall–Kier alpha value is -1.52. The summed E-state index contributed by atoms with van der Waals surface area (Å²) in [5.74, 6) is 0.187. The van der Waals surface area contributed by atoms with Crippen LogP contribution in [-0.2, 0) is 17.6 Å². The van der Waals surface area contributed by atoms with Gasteiger partial charge in [-0.05, 0) is 42.2 Å². The van der Waals surface area contributed by atoms with Gasteiger partial charge < -0.3 is 10.4 Å². The number of benzene rings is 2. The Labute approximate surface area is 143 Å². The first kappa shape index (κ1) is 16.8. The highest BCUT2D eigenvalue weighted by atomic mass is 79.9. The number of hydrogen-bond acceptors (Lipinski definition) is 2. The maximum atomic E-state index is 12.1. The number of carbonyl (C=O) groups excluding carboxylic acids is 1. The molecule has 0 heterocycles. The quantitative estimate of drug-likeness (QED) is 0.748. The van der Waals surface area contributed by atoms with Crippen molar-refractivity contribution < 1.29 is 9.90 Å². The highest BCUT2D eigenvalue weighted by Gasteiger charge is 2.16. The van der Waals surface area contributed by atoms with Crippen molar-refractivity contribution in [2.45, 2.75) is 17.7 Å². The molecule has 2 aromatic rings. The third-order valence-corrected chi connectivity index (χ3v) is 4.40. The first-order valence-corrected chi connectivity index (χ1v) is 8.28. The second kappa shape index (κ2) is 8.20. The molecule has 2 rings (SSSR count). The van der Waals surface area contributed by atoms with Gasteiger partial charge in [-0.15, -0.1) is 0 Å². The standard InChI is InChI=1S/C17H17BrClNO2/c18-15(11-13-3-1-2-4-16(13)19)17(22)20-10-9-12-5-7-14(21)8-6-12/h1-8,15,21H,9-11H2,(H,20,22). The van der Waals surface area contributed by atoms with E-state index in [4.69, 9.17) is 11.6 Å². The van der Waals surface area contributed by atoms with Gasteiger partial charge in [0.1, 0.15) is 5.75 Å². The van der Waals surface area contributed by atoms with E-state index >= 15 is 0 Å². The summed E-state index contributed by atoms with van der Waals surface area (Å²) >= 11 is 9.50. The van der Waals surface area contributed by atoms with Crippen molar-refractivity contribution in [2.24, 2.45) is 0 Å². The lowest BCUT2D eigenvalue weighted by Crippen LogP contribution is -2.33. The second-order valence-electron chi connectivity index (χ2n) is 4.97. The Morgan fingerprint density at radius 2 is 1.86 bits per heavy atom. The normalized spacial score (nSPS) is 11.9. The minimum atomic E-state index is -0.313. The summed E-state index contributed by atoms with van der Waals surface area (Å²) in [4.78, 5) is 11.7. The minimum absolute atomic E-state index is 0.0568. The molecule has 3 nitrogen and oxygen atoms in total. The van der Waals surface area contributed by atoms with Crippen molar-refractivity contribution in [3.05, 3.63) is 64.7 Å². The first-order chi connectivity index (χ1) is 10.6. The predicted octanol–water partition coefficient (Wildman–Crippen LogP) is 3.71. The van der Waals surface area contributed by atoms with Crippen LogP contribution in [0.5, 0.6) is 5.75 Å². The van der Waals surface area contributed by atoms with Crippen LogP contribution in [0.2, 0.25) is 5.02 Å². The lowest BCUT2D eigenvalue weighted by atomic mass is 10.1. The Bertz CT molecular complexity index is 631. The maximum absolute atomic E-state index is 12.1. The molecule has 0 aliphatic heterocycles. The van der Waals surface area contributed by atoms with E-state index in [2.05, 4.69) is 21.2 Å². The van der Waals surface area contributed by atoms with Crippen LogP contribution in [0.15, 0.2) is 48.5 Å². The zero-order valence-corrected chi connectivity index (χ0v) is 14.3. The molecule has 0 saturated heterocycles. The lowest BCUT2D eigenvalue weighted by Gasteiger charge is -2.12. The van der Waals surface area contributed by atoms with Crippen molar-refractivity contribution in [3.8, 4) is 5.75 Å². The highest BCUT2D eigenvalue weighted by Crippen LogP contribution is 2.19. The van der Waals surface area contributed by atoms with E-state index < -0.39 is 0 Å². The third kappa shape index (κ3) is 5.04. The number of hydrogen-bond donors (Lipinski definition) is 2. The molecule has 0 spiro atoms. The van der Waals surface area contributed by atoms with Gasteiger partial charge in [0.2, 0.25) is 5.91 Å². The zero-order chi connectivity index (χ0) is 15.9. The van der Waals surface area contributed by atoms with Gasteiger partial charge in [0.15, 0.2) is 0 Å². The molecular formula is C17H17BrClNO2. The third-order valence-electron chi connectivity index (χ3n) is 3.29. The van der Waals surface area contributed by atoms with Gasteiger partial charge in [-0.1, -0.05) is 57.9 Å². The number of aromatic hydroxyl groups is 1. The van der Waals surface area contributed by atoms with Crippen LogP contribution in [-0.4, -0.2) is 22.4 Å². The molecule has 0 aliphatic carbocycles. The van der Waals surface area contributed by atoms with Crippen molar-refractivity contribution in [2.75, 3.05) is 6.54 Å². The predicted molar refractivity (Wildman–Crippen MR) is 92.7 cm³/mol. The molecule has 2 N–H and O–H groups in total. The SMILES string of the molecule is O=C(NCCc1ccc(O)cc1)C(Br)Cc1ccccc1Cl. The molecular weight excluding hydrogens is 366 g/mol. The van der Waals surface area contributed by atoms with E-state index in [1.54, 1.807) is 12.1 Å². The summed E-state index contributed by atoms with van der Waals surface area (Å²) < 4.78 is 0. The van der Waals surface area contributed by atoms with Gasteiger partial charge >= 0.3 is 0 Å². The number of carbonyl (C=O) groups is 1. The summed E-state index contributed by atoms with van der Waals surface area (Å²) in [7, 11) is 0. The molecule has 0 fully saturated rings. The van der Waals surface area contributed by atoms with E-state index in [-0.39, 0.29) is 16.5 Å². The van der Waals surface area contributed by atoms with Crippen LogP contribution in [0.1, 0.15) is 11.1 Å². The van der Waals surface area contributed by atoms with Gasteiger partial charge in [-0.2, -0.15) is 0 Å². The summed E-state index contributed by atoms with van der Waals surface area (Å²) in [6.07, 6.45) is 1.27. The molecule has 0 bridgehead atoms. The molecule has 1 atom stereocenters. The van der Waals surface area contributed by atoms with Crippen LogP contribution >= 0.6 is 27.5 Å². The molecule has 5 heteroatoms. The molecule has 2 aromatic carbocycles. The largest absolute Gasteiger partial charge is 0.508 e. The van der Waals surface area contributed by atoms with Crippen LogP contribution in [0.4, 0.5) is 0 Å². The van der Waals surface area contributed by atoms with E-state index in [9.17, 15) is 9.90 Å². The number of phenolic OH excluding ortho intramolecular Hbond substituents is 1. The lowest BCUT2D eigenvalue weighted by molar-refractivity contribution is -0.120. The van der Waals surface area contributed by atoms with Gasteiger partial charge in [-0.3, -0.25) is 4.79 Å². The number of nitrogens with one attached hydrogen (secondary N) is 1. The van der Waals surface area contributed by atoms with Gasteiger partial charge in [0, 0.05) is 11.6 Å². The fourth-order valence-electron chi connectivity index (χ4n) is 2.05. The zero-order valence-electron chi connectivity index (χ0n) is 11.9. The summed E-state index contributed by atoms with van der Waals surface area (Å²) in [6, 6.07) is 14.5. The molecule has 1 amide bonds. The van der Waals surface area contributed by atoms with Gasteiger partial charge in [0.05, 0.1) is 4.83 Å². The average Bonchev–Trinajstić information content (AvgIpc) is 2.51. The Morgan fingerprint density at radius 3 is 2.55 bits per heavy atom. The fraction of sp³-hybridized carbons (Fsp3) is 0.235. The van der Waals surface area contributed by atoms with E-state index in [0.717, 1.165) is 17.5 Å². The topological polar surface area (TPSA) is 49.3 Å². The van der Waals surface area contributed by atoms with Crippen molar-refractivity contribution >= 4 is 33.4 Å². The van der Waals surface area contributed by atoms with Crippen molar-refractivity contribution in [1.29, 1.82) is 0 Å². The fourth-order valence-corrected chi connectivity index (χ4v) is 2.78. The Balaban J connectivity index is 1.79. The van der Waals surface area contributed by atoms with Crippen molar-refractivity contribution in [3.63, 3.8) is 0 Å². The Morgan fingerprint density at radius 1 is 1.18 bits per heavy atom. The van der Waals surface area contributed by atoms with Crippen molar-refractivity contribution in [1.82, 2.24) is 5.32 Å². The van der Waals surface area contributed by atoms with E-state index in [0.29, 0.717) is 18.0 Å². The number of phenols is 1. The van der Waals surface area contributed by atoms with E-state index in [1.165, 1.54) is 0 Å². The smallest absolute Gasteiger partial charge is 0.234 e. The molecule has 0 saturated carbocycles. The molecule has 0 aromatic heterocycles. The van der Waals surface area contributed by atoms with Gasteiger partial charge in [-0.25, -0.2) is 0 Å². The summed E-state index contributed by atoms with van der Waals surface area (Å²) in [5.41, 5.74) is 2.01. The minimum Gasteiger partial charge on any atom is -0.508 e. The highest BCUT2D eigenvalue weighted by molar-refractivity contribution is 9.10. The number of halogens is 2. The Kier molecular flexibility index (Phi) is 6.28. The average molecular weight is 383 g/mol. The molecule has 0 aliphatic rings. The van der Waals surface area contributed by atoms with Gasteiger partial charge in [0.25, 0.3) is 0 Å². The molecule has 116 valence electrons. The van der Waals surface area contributed by atoms with Crippen LogP contribution in [0, 0.1) is 0 Å². The first-order valence-electron chi connectivity index (χ1n) is 6.99. The number of alkyl halides is 1. The summed E-state index contributed by atoms with van der Waals surface area (Å²) in [6.45, 7) is 0.550. The van der Waals surface area contributed by atoms with E-state index in [1.807, 2.05) is 36.4 Å². The monoisotopic (exact) mass is 381 g/mol. The molecule has 0 radical (unpaired) electrons. The second-order valence-corrected chi connectivity index (χ2v) is 6.48. The summed E-state index contributed by atoms with van der Waals surface area (Å²) in [5, 5.41) is 12.8. The molecule has 22 heavy (non-hydrogen) atoms. The van der Waals surface area contributed by atoms with Crippen LogP contribution in [0.25, 0.3) is 0 Å². The van der Waals surface area contributed by atoms with Crippen LogP contribution in [0.3, 0.4) is 0 Å². The molecule has 1 unspecified atom stereocenters.